The molecule has 0 saturated carbocycles. The lowest BCUT2D eigenvalue weighted by molar-refractivity contribution is -0.123. The summed E-state index contributed by atoms with van der Waals surface area (Å²) in [6.45, 7) is 4.21. The van der Waals surface area contributed by atoms with E-state index in [1.165, 1.54) is 11.1 Å². The minimum Gasteiger partial charge on any atom is -0.299 e. The highest BCUT2D eigenvalue weighted by molar-refractivity contribution is 5.81. The SMILES string of the molecule is CC(CC(=O)C(C)Cc1ccccc1)Cc1ccccc1. The van der Waals surface area contributed by atoms with E-state index in [9.17, 15) is 4.79 Å². The average molecular weight is 280 g/mol. The second-order valence-electron chi connectivity index (χ2n) is 6.06. The molecule has 2 aromatic rings. The van der Waals surface area contributed by atoms with E-state index in [0.717, 1.165) is 12.8 Å². The van der Waals surface area contributed by atoms with Crippen molar-refractivity contribution in [3.8, 4) is 0 Å². The molecule has 0 N–H and O–H groups in total. The van der Waals surface area contributed by atoms with Crippen LogP contribution in [0.2, 0.25) is 0 Å². The first-order valence-electron chi connectivity index (χ1n) is 7.75. The van der Waals surface area contributed by atoms with Gasteiger partial charge in [0.15, 0.2) is 0 Å². The van der Waals surface area contributed by atoms with Crippen molar-refractivity contribution in [2.75, 3.05) is 0 Å². The molecule has 0 radical (unpaired) electrons. The van der Waals surface area contributed by atoms with Gasteiger partial charge in [-0.05, 0) is 29.9 Å². The number of Topliss-reactive ketones (excluding diaryl/α,β-unsaturated/α-hetero) is 1. The molecule has 2 atom stereocenters. The Morgan fingerprint density at radius 1 is 0.810 bits per heavy atom. The van der Waals surface area contributed by atoms with E-state index in [2.05, 4.69) is 43.3 Å². The summed E-state index contributed by atoms with van der Waals surface area (Å²) < 4.78 is 0. The van der Waals surface area contributed by atoms with Gasteiger partial charge in [0.25, 0.3) is 0 Å². The lowest BCUT2D eigenvalue weighted by Gasteiger charge is -2.15. The summed E-state index contributed by atoms with van der Waals surface area (Å²) in [5.74, 6) is 0.881. The zero-order valence-corrected chi connectivity index (χ0v) is 13.0. The fourth-order valence-electron chi connectivity index (χ4n) is 2.71. The van der Waals surface area contributed by atoms with Crippen LogP contribution in [0.5, 0.6) is 0 Å². The maximum absolute atomic E-state index is 12.3. The predicted octanol–water partition coefficient (Wildman–Crippen LogP) is 4.70. The minimum absolute atomic E-state index is 0.102. The molecule has 110 valence electrons. The van der Waals surface area contributed by atoms with E-state index in [1.807, 2.05) is 31.2 Å². The molecule has 2 unspecified atom stereocenters. The molecule has 0 spiro atoms. The predicted molar refractivity (Wildman–Crippen MR) is 88.2 cm³/mol. The molecule has 0 bridgehead atoms. The van der Waals surface area contributed by atoms with Crippen LogP contribution in [0.15, 0.2) is 60.7 Å². The molecule has 0 aliphatic rings. The first kappa shape index (κ1) is 15.5. The normalized spacial score (nSPS) is 13.6. The Labute approximate surface area is 128 Å². The van der Waals surface area contributed by atoms with Crippen LogP contribution in [0, 0.1) is 11.8 Å². The van der Waals surface area contributed by atoms with Crippen LogP contribution in [0.3, 0.4) is 0 Å². The Kier molecular flexibility index (Phi) is 5.74. The molecule has 0 fully saturated rings. The first-order chi connectivity index (χ1) is 10.1. The van der Waals surface area contributed by atoms with Crippen molar-refractivity contribution >= 4 is 5.78 Å². The summed E-state index contributed by atoms with van der Waals surface area (Å²) in [4.78, 5) is 12.3. The number of carbonyl (C=O) groups excluding carboxylic acids is 1. The van der Waals surface area contributed by atoms with Gasteiger partial charge in [0.2, 0.25) is 0 Å². The van der Waals surface area contributed by atoms with Crippen LogP contribution < -0.4 is 0 Å². The zero-order valence-electron chi connectivity index (χ0n) is 13.0. The highest BCUT2D eigenvalue weighted by Crippen LogP contribution is 2.17. The standard InChI is InChI=1S/C20H24O/c1-16(13-18-9-5-3-6-10-18)14-20(21)17(2)15-19-11-7-4-8-12-19/h3-12,16-17H,13-15H2,1-2H3. The summed E-state index contributed by atoms with van der Waals surface area (Å²) in [6, 6.07) is 20.7. The van der Waals surface area contributed by atoms with Gasteiger partial charge in [-0.1, -0.05) is 74.5 Å². The molecule has 0 heterocycles. The molecule has 1 nitrogen and oxygen atoms in total. The number of hydrogen-bond donors (Lipinski definition) is 0. The van der Waals surface area contributed by atoms with E-state index in [0.29, 0.717) is 18.1 Å². The Hall–Kier alpha value is -1.89. The Morgan fingerprint density at radius 2 is 1.29 bits per heavy atom. The highest BCUT2D eigenvalue weighted by atomic mass is 16.1. The van der Waals surface area contributed by atoms with Crippen molar-refractivity contribution in [3.63, 3.8) is 0 Å². The van der Waals surface area contributed by atoms with Crippen LogP contribution in [-0.4, -0.2) is 5.78 Å². The van der Waals surface area contributed by atoms with Crippen LogP contribution in [0.4, 0.5) is 0 Å². The van der Waals surface area contributed by atoms with Gasteiger partial charge in [-0.15, -0.1) is 0 Å². The molecule has 0 aromatic heterocycles. The third kappa shape index (κ3) is 5.18. The van der Waals surface area contributed by atoms with Crippen molar-refractivity contribution in [2.45, 2.75) is 33.1 Å². The lowest BCUT2D eigenvalue weighted by atomic mass is 9.89. The Morgan fingerprint density at radius 3 is 1.81 bits per heavy atom. The Bertz CT molecular complexity index is 545. The summed E-state index contributed by atoms with van der Waals surface area (Å²) >= 11 is 0. The first-order valence-corrected chi connectivity index (χ1v) is 7.75. The quantitative estimate of drug-likeness (QED) is 0.718. The van der Waals surface area contributed by atoms with Gasteiger partial charge in [-0.2, -0.15) is 0 Å². The van der Waals surface area contributed by atoms with Crippen molar-refractivity contribution in [1.29, 1.82) is 0 Å². The second kappa shape index (κ2) is 7.78. The van der Waals surface area contributed by atoms with Crippen molar-refractivity contribution in [1.82, 2.24) is 0 Å². The van der Waals surface area contributed by atoms with Crippen molar-refractivity contribution in [2.24, 2.45) is 11.8 Å². The van der Waals surface area contributed by atoms with Gasteiger partial charge >= 0.3 is 0 Å². The van der Waals surface area contributed by atoms with Crippen LogP contribution in [-0.2, 0) is 17.6 Å². The monoisotopic (exact) mass is 280 g/mol. The third-order valence-corrected chi connectivity index (χ3v) is 3.91. The van der Waals surface area contributed by atoms with Crippen molar-refractivity contribution in [3.05, 3.63) is 71.8 Å². The maximum Gasteiger partial charge on any atom is 0.136 e. The van der Waals surface area contributed by atoms with Crippen LogP contribution >= 0.6 is 0 Å². The molecule has 2 rings (SSSR count). The molecule has 21 heavy (non-hydrogen) atoms. The molecular formula is C20H24O. The third-order valence-electron chi connectivity index (χ3n) is 3.91. The summed E-state index contributed by atoms with van der Waals surface area (Å²) in [7, 11) is 0. The smallest absolute Gasteiger partial charge is 0.136 e. The van der Waals surface area contributed by atoms with Gasteiger partial charge in [0.1, 0.15) is 5.78 Å². The zero-order chi connectivity index (χ0) is 15.1. The van der Waals surface area contributed by atoms with Crippen molar-refractivity contribution < 1.29 is 4.79 Å². The van der Waals surface area contributed by atoms with E-state index in [-0.39, 0.29) is 5.92 Å². The summed E-state index contributed by atoms with van der Waals surface area (Å²) in [5, 5.41) is 0. The highest BCUT2D eigenvalue weighted by Gasteiger charge is 2.16. The Balaban J connectivity index is 1.83. The van der Waals surface area contributed by atoms with Gasteiger partial charge in [0, 0.05) is 12.3 Å². The summed E-state index contributed by atoms with van der Waals surface area (Å²) in [5.41, 5.74) is 2.56. The number of ketones is 1. The van der Waals surface area contributed by atoms with Gasteiger partial charge in [0.05, 0.1) is 0 Å². The second-order valence-corrected chi connectivity index (χ2v) is 6.06. The molecule has 0 aliphatic carbocycles. The van der Waals surface area contributed by atoms with Crippen LogP contribution in [0.1, 0.15) is 31.4 Å². The number of rotatable bonds is 7. The molecule has 0 aliphatic heterocycles. The lowest BCUT2D eigenvalue weighted by Crippen LogP contribution is -2.17. The minimum atomic E-state index is 0.102. The van der Waals surface area contributed by atoms with Crippen LogP contribution in [0.25, 0.3) is 0 Å². The van der Waals surface area contributed by atoms with E-state index < -0.39 is 0 Å². The summed E-state index contributed by atoms with van der Waals surface area (Å²) in [6.07, 6.45) is 2.49. The fraction of sp³-hybridized carbons (Fsp3) is 0.350. The largest absolute Gasteiger partial charge is 0.299 e. The molecule has 0 saturated heterocycles. The molecular weight excluding hydrogens is 256 g/mol. The molecule has 1 heteroatoms. The van der Waals surface area contributed by atoms with E-state index in [4.69, 9.17) is 0 Å². The fourth-order valence-corrected chi connectivity index (χ4v) is 2.71. The van der Waals surface area contributed by atoms with Gasteiger partial charge < -0.3 is 0 Å². The van der Waals surface area contributed by atoms with Gasteiger partial charge in [-0.3, -0.25) is 4.79 Å². The topological polar surface area (TPSA) is 17.1 Å². The number of carbonyl (C=O) groups is 1. The van der Waals surface area contributed by atoms with Gasteiger partial charge in [-0.25, -0.2) is 0 Å². The number of hydrogen-bond acceptors (Lipinski definition) is 1. The number of benzene rings is 2. The van der Waals surface area contributed by atoms with E-state index in [1.54, 1.807) is 0 Å². The van der Waals surface area contributed by atoms with E-state index >= 15 is 0 Å². The average Bonchev–Trinajstić information content (AvgIpc) is 2.49. The maximum atomic E-state index is 12.3. The molecule has 0 amide bonds. The molecule has 2 aromatic carbocycles.